The number of H-pyrrole nitrogens is 1. The Morgan fingerprint density at radius 2 is 2.04 bits per heavy atom. The molecule has 0 unspecified atom stereocenters. The van der Waals surface area contributed by atoms with Crippen molar-refractivity contribution >= 4 is 29.7 Å². The smallest absolute Gasteiger partial charge is 0.325 e. The number of benzene rings is 1. The van der Waals surface area contributed by atoms with Crippen molar-refractivity contribution in [3.63, 3.8) is 0 Å². The van der Waals surface area contributed by atoms with Crippen molar-refractivity contribution in [3.05, 3.63) is 69.8 Å². The third kappa shape index (κ3) is 3.54. The Balaban J connectivity index is 1.96. The molecule has 3 aromatic rings. The molecular weight excluding hydrogens is 336 g/mol. The van der Waals surface area contributed by atoms with E-state index in [9.17, 15) is 14.4 Å². The number of rotatable bonds is 5. The number of fused-ring (bicyclic) bond motifs is 1. The molecule has 2 heterocycles. The summed E-state index contributed by atoms with van der Waals surface area (Å²) >= 11 is 0. The highest BCUT2D eigenvalue weighted by Gasteiger charge is 2.19. The van der Waals surface area contributed by atoms with Crippen LogP contribution in [0.4, 0.5) is 0 Å². The first-order valence-electron chi connectivity index (χ1n) is 7.77. The zero-order chi connectivity index (χ0) is 18.5. The lowest BCUT2D eigenvalue weighted by atomic mass is 10.1. The maximum absolute atomic E-state index is 12.4. The molecule has 0 fully saturated rings. The second-order valence-corrected chi connectivity index (χ2v) is 5.36. The highest BCUT2D eigenvalue weighted by atomic mass is 16.5. The molecule has 1 aromatic carbocycles. The van der Waals surface area contributed by atoms with E-state index in [0.29, 0.717) is 5.69 Å². The van der Waals surface area contributed by atoms with Gasteiger partial charge in [-0.05, 0) is 11.6 Å². The van der Waals surface area contributed by atoms with Gasteiger partial charge in [-0.1, -0.05) is 36.4 Å². The van der Waals surface area contributed by atoms with E-state index in [1.54, 1.807) is 6.08 Å². The Hall–Kier alpha value is -3.68. The van der Waals surface area contributed by atoms with Crippen LogP contribution in [-0.4, -0.2) is 40.1 Å². The molecule has 0 aliphatic carbocycles. The van der Waals surface area contributed by atoms with Gasteiger partial charge in [0.1, 0.15) is 18.4 Å². The molecule has 1 amide bonds. The number of amides is 1. The molecule has 0 radical (unpaired) electrons. The number of hydrogen-bond donors (Lipinski definition) is 2. The molecule has 26 heavy (non-hydrogen) atoms. The molecule has 2 N–H and O–H groups in total. The first-order chi connectivity index (χ1) is 12.6. The van der Waals surface area contributed by atoms with Crippen LogP contribution in [0.3, 0.4) is 0 Å². The minimum Gasteiger partial charge on any atom is -0.468 e. The molecule has 0 aliphatic rings. The van der Waals surface area contributed by atoms with Crippen molar-refractivity contribution in [2.75, 3.05) is 13.7 Å². The van der Waals surface area contributed by atoms with Crippen LogP contribution in [0.1, 0.15) is 21.6 Å². The molecule has 3 rings (SSSR count). The standard InChI is InChI=1S/C18H16N4O4/c1-26-15(24)10-19-18(25)16-14(23)9-13(22-17(16)20-11-21-22)8-7-12-5-3-2-4-6-12/h2-9,11H,10H2,1H3,(H,19,25)(H,20,21). The fourth-order valence-corrected chi connectivity index (χ4v) is 2.42. The summed E-state index contributed by atoms with van der Waals surface area (Å²) in [5, 5.41) is 5.22. The van der Waals surface area contributed by atoms with Gasteiger partial charge in [0.05, 0.1) is 12.8 Å². The minimum atomic E-state index is -0.691. The molecule has 0 saturated heterocycles. The van der Waals surface area contributed by atoms with Crippen molar-refractivity contribution in [2.24, 2.45) is 0 Å². The van der Waals surface area contributed by atoms with Gasteiger partial charge in [0.25, 0.3) is 5.91 Å². The summed E-state index contributed by atoms with van der Waals surface area (Å²) in [5.74, 6) is -1.30. The quantitative estimate of drug-likeness (QED) is 0.669. The predicted octanol–water partition coefficient (Wildman–Crippen LogP) is 1.10. The molecular formula is C18H16N4O4. The number of ether oxygens (including phenoxy) is 1. The topological polar surface area (TPSA) is 106 Å². The zero-order valence-corrected chi connectivity index (χ0v) is 13.9. The monoisotopic (exact) mass is 352 g/mol. The largest absolute Gasteiger partial charge is 0.468 e. The third-order valence-corrected chi connectivity index (χ3v) is 3.69. The minimum absolute atomic E-state index is 0.146. The molecule has 0 saturated carbocycles. The van der Waals surface area contributed by atoms with E-state index in [-0.39, 0.29) is 17.8 Å². The van der Waals surface area contributed by atoms with Crippen LogP contribution in [-0.2, 0) is 9.53 Å². The first-order valence-corrected chi connectivity index (χ1v) is 7.77. The fraction of sp³-hybridized carbons (Fsp3) is 0.111. The van der Waals surface area contributed by atoms with Gasteiger partial charge in [0.15, 0.2) is 11.1 Å². The maximum atomic E-state index is 12.4. The van der Waals surface area contributed by atoms with Gasteiger partial charge in [-0.3, -0.25) is 19.5 Å². The Morgan fingerprint density at radius 3 is 2.77 bits per heavy atom. The molecule has 8 nitrogen and oxygen atoms in total. The van der Waals surface area contributed by atoms with Crippen molar-refractivity contribution in [1.29, 1.82) is 0 Å². The van der Waals surface area contributed by atoms with E-state index >= 15 is 0 Å². The first kappa shape index (κ1) is 17.2. The van der Waals surface area contributed by atoms with Crippen LogP contribution in [0.15, 0.2) is 47.5 Å². The lowest BCUT2D eigenvalue weighted by Gasteiger charge is -2.06. The van der Waals surface area contributed by atoms with Crippen LogP contribution >= 0.6 is 0 Å². The molecule has 0 aliphatic heterocycles. The van der Waals surface area contributed by atoms with Gasteiger partial charge < -0.3 is 10.1 Å². The highest BCUT2D eigenvalue weighted by Crippen LogP contribution is 2.10. The fourth-order valence-electron chi connectivity index (χ4n) is 2.42. The van der Waals surface area contributed by atoms with Crippen LogP contribution in [0.25, 0.3) is 17.8 Å². The van der Waals surface area contributed by atoms with E-state index in [2.05, 4.69) is 20.1 Å². The average molecular weight is 352 g/mol. The summed E-state index contributed by atoms with van der Waals surface area (Å²) in [6.45, 7) is -0.332. The number of carbonyl (C=O) groups is 2. The van der Waals surface area contributed by atoms with Gasteiger partial charge in [-0.2, -0.15) is 0 Å². The number of hydrogen-bond acceptors (Lipinski definition) is 5. The molecule has 0 spiro atoms. The van der Waals surface area contributed by atoms with E-state index in [1.807, 2.05) is 36.4 Å². The lowest BCUT2D eigenvalue weighted by Crippen LogP contribution is -2.34. The van der Waals surface area contributed by atoms with Gasteiger partial charge in [-0.15, -0.1) is 0 Å². The number of nitrogens with zero attached hydrogens (tertiary/aromatic N) is 2. The van der Waals surface area contributed by atoms with Gasteiger partial charge in [0.2, 0.25) is 0 Å². The van der Waals surface area contributed by atoms with E-state index in [4.69, 9.17) is 0 Å². The SMILES string of the molecule is COC(=O)CNC(=O)c1c(=O)cc(C=Cc2ccccc2)n2[nH]cnc12. The number of carbonyl (C=O) groups excluding carboxylic acids is 2. The van der Waals surface area contributed by atoms with Crippen molar-refractivity contribution < 1.29 is 14.3 Å². The Bertz CT molecular complexity index is 1030. The van der Waals surface area contributed by atoms with Crippen molar-refractivity contribution in [2.45, 2.75) is 0 Å². The Kier molecular flexibility index (Phi) is 4.93. The summed E-state index contributed by atoms with van der Waals surface area (Å²) in [6, 6.07) is 10.9. The number of aromatic amines is 1. The molecule has 8 heteroatoms. The van der Waals surface area contributed by atoms with E-state index < -0.39 is 17.3 Å². The third-order valence-electron chi connectivity index (χ3n) is 3.69. The summed E-state index contributed by atoms with van der Waals surface area (Å²) in [5.41, 5.74) is 1.04. The number of nitrogens with one attached hydrogen (secondary N) is 2. The number of pyridine rings is 1. The van der Waals surface area contributed by atoms with Crippen LogP contribution in [0.5, 0.6) is 0 Å². The predicted molar refractivity (Wildman–Crippen MR) is 95.5 cm³/mol. The number of aromatic nitrogens is 3. The second kappa shape index (κ2) is 7.47. The van der Waals surface area contributed by atoms with E-state index in [0.717, 1.165) is 5.56 Å². The molecule has 0 atom stereocenters. The van der Waals surface area contributed by atoms with Crippen molar-refractivity contribution in [1.82, 2.24) is 19.9 Å². The Morgan fingerprint density at radius 1 is 1.27 bits per heavy atom. The summed E-state index contributed by atoms with van der Waals surface area (Å²) in [6.07, 6.45) is 4.98. The molecule has 132 valence electrons. The summed E-state index contributed by atoms with van der Waals surface area (Å²) < 4.78 is 5.99. The number of esters is 1. The van der Waals surface area contributed by atoms with Gasteiger partial charge >= 0.3 is 5.97 Å². The summed E-state index contributed by atoms with van der Waals surface area (Å²) in [7, 11) is 1.21. The zero-order valence-electron chi connectivity index (χ0n) is 13.9. The maximum Gasteiger partial charge on any atom is 0.325 e. The second-order valence-electron chi connectivity index (χ2n) is 5.36. The van der Waals surface area contributed by atoms with E-state index in [1.165, 1.54) is 24.0 Å². The molecule has 0 bridgehead atoms. The lowest BCUT2D eigenvalue weighted by molar-refractivity contribution is -0.139. The van der Waals surface area contributed by atoms with Crippen LogP contribution in [0, 0.1) is 0 Å². The number of methoxy groups -OCH3 is 1. The van der Waals surface area contributed by atoms with Gasteiger partial charge in [-0.25, -0.2) is 9.50 Å². The van der Waals surface area contributed by atoms with Crippen molar-refractivity contribution in [3.8, 4) is 0 Å². The Labute approximate surface area is 148 Å². The highest BCUT2D eigenvalue weighted by molar-refractivity contribution is 6.01. The van der Waals surface area contributed by atoms with Crippen LogP contribution in [0.2, 0.25) is 0 Å². The van der Waals surface area contributed by atoms with Gasteiger partial charge in [0, 0.05) is 6.07 Å². The normalized spacial score (nSPS) is 11.0. The summed E-state index contributed by atoms with van der Waals surface area (Å²) in [4.78, 5) is 40.0. The van der Waals surface area contributed by atoms with Crippen LogP contribution < -0.4 is 10.7 Å². The molecule has 2 aromatic heterocycles. The average Bonchev–Trinajstić information content (AvgIpc) is 3.14.